The summed E-state index contributed by atoms with van der Waals surface area (Å²) in [5.74, 6) is -1.52. The molecule has 0 aliphatic rings. The summed E-state index contributed by atoms with van der Waals surface area (Å²) in [6.07, 6.45) is 3.20. The zero-order chi connectivity index (χ0) is 11.7. The Morgan fingerprint density at radius 3 is 2.81 bits per heavy atom. The SMILES string of the molecule is COc1c(F)oc(Cn2cc[nH]c2=S)c1F. The molecule has 0 bridgehead atoms. The lowest BCUT2D eigenvalue weighted by molar-refractivity contribution is 0.296. The van der Waals surface area contributed by atoms with Gasteiger partial charge < -0.3 is 18.7 Å². The molecule has 1 N–H and O–H groups in total. The number of hydrogen-bond acceptors (Lipinski definition) is 3. The van der Waals surface area contributed by atoms with Crippen molar-refractivity contribution in [2.45, 2.75) is 6.54 Å². The van der Waals surface area contributed by atoms with Crippen molar-refractivity contribution in [2.24, 2.45) is 0 Å². The lowest BCUT2D eigenvalue weighted by atomic mass is 10.4. The van der Waals surface area contributed by atoms with Gasteiger partial charge in [-0.05, 0) is 12.2 Å². The number of nitrogens with one attached hydrogen (secondary N) is 1. The van der Waals surface area contributed by atoms with Crippen LogP contribution in [0.1, 0.15) is 5.76 Å². The fourth-order valence-corrected chi connectivity index (χ4v) is 1.51. The van der Waals surface area contributed by atoms with Crippen LogP contribution in [0, 0.1) is 16.6 Å². The van der Waals surface area contributed by atoms with Crippen molar-refractivity contribution in [3.05, 3.63) is 34.8 Å². The zero-order valence-electron chi connectivity index (χ0n) is 8.29. The molecule has 86 valence electrons. The van der Waals surface area contributed by atoms with E-state index in [1.807, 2.05) is 0 Å². The van der Waals surface area contributed by atoms with E-state index in [2.05, 4.69) is 14.1 Å². The van der Waals surface area contributed by atoms with E-state index < -0.39 is 17.6 Å². The molecule has 0 amide bonds. The molecular weight excluding hydrogens is 238 g/mol. The normalized spacial score (nSPS) is 10.7. The van der Waals surface area contributed by atoms with Crippen LogP contribution in [-0.2, 0) is 6.54 Å². The molecule has 0 saturated carbocycles. The first-order valence-corrected chi connectivity index (χ1v) is 4.78. The Morgan fingerprint density at radius 1 is 1.56 bits per heavy atom. The summed E-state index contributed by atoms with van der Waals surface area (Å²) in [4.78, 5) is 2.73. The molecule has 7 heteroatoms. The van der Waals surface area contributed by atoms with Crippen molar-refractivity contribution in [3.63, 3.8) is 0 Å². The fraction of sp³-hybridized carbons (Fsp3) is 0.222. The number of aromatic amines is 1. The largest absolute Gasteiger partial charge is 0.488 e. The number of halogens is 2. The predicted octanol–water partition coefficient (Wildman–Crippen LogP) is 2.47. The number of rotatable bonds is 3. The van der Waals surface area contributed by atoms with Gasteiger partial charge >= 0.3 is 6.01 Å². The van der Waals surface area contributed by atoms with Crippen molar-refractivity contribution in [2.75, 3.05) is 7.11 Å². The Bertz CT molecular complexity index is 558. The van der Waals surface area contributed by atoms with Crippen LogP contribution >= 0.6 is 12.2 Å². The first kappa shape index (κ1) is 10.9. The molecular formula is C9H8F2N2O2S. The van der Waals surface area contributed by atoms with Crippen LogP contribution in [-0.4, -0.2) is 16.7 Å². The van der Waals surface area contributed by atoms with Gasteiger partial charge in [-0.15, -0.1) is 0 Å². The van der Waals surface area contributed by atoms with E-state index in [0.29, 0.717) is 4.77 Å². The minimum Gasteiger partial charge on any atom is -0.488 e. The summed E-state index contributed by atoms with van der Waals surface area (Å²) < 4.78 is 37.6. The van der Waals surface area contributed by atoms with Gasteiger partial charge in [0.25, 0.3) is 0 Å². The van der Waals surface area contributed by atoms with E-state index in [-0.39, 0.29) is 12.3 Å². The van der Waals surface area contributed by atoms with E-state index in [4.69, 9.17) is 12.2 Å². The van der Waals surface area contributed by atoms with Crippen LogP contribution in [0.15, 0.2) is 16.8 Å². The van der Waals surface area contributed by atoms with E-state index >= 15 is 0 Å². The number of hydrogen-bond donors (Lipinski definition) is 1. The van der Waals surface area contributed by atoms with Gasteiger partial charge in [0.15, 0.2) is 10.5 Å². The van der Waals surface area contributed by atoms with Crippen molar-refractivity contribution < 1.29 is 17.9 Å². The molecule has 0 aromatic carbocycles. The van der Waals surface area contributed by atoms with Gasteiger partial charge in [0.05, 0.1) is 13.7 Å². The summed E-state index contributed by atoms with van der Waals surface area (Å²) in [5.41, 5.74) is 0. The Hall–Kier alpha value is -1.63. The molecule has 0 saturated heterocycles. The van der Waals surface area contributed by atoms with Crippen LogP contribution in [0.2, 0.25) is 0 Å². The number of furan rings is 1. The highest BCUT2D eigenvalue weighted by Crippen LogP contribution is 2.27. The van der Waals surface area contributed by atoms with Gasteiger partial charge in [-0.1, -0.05) is 0 Å². The molecule has 2 rings (SSSR count). The Kier molecular flexibility index (Phi) is 2.78. The van der Waals surface area contributed by atoms with Crippen molar-refractivity contribution in [3.8, 4) is 5.75 Å². The summed E-state index contributed by atoms with van der Waals surface area (Å²) in [6.45, 7) is 0.00838. The standard InChI is InChI=1S/C9H8F2N2O2S/c1-14-7-6(10)5(15-8(7)11)4-13-3-2-12-9(13)16/h2-3H,4H2,1H3,(H,12,16). The topological polar surface area (TPSA) is 43.1 Å². The lowest BCUT2D eigenvalue weighted by Gasteiger charge is -1.98. The van der Waals surface area contributed by atoms with Crippen molar-refractivity contribution in [1.82, 2.24) is 9.55 Å². The minimum atomic E-state index is -1.07. The molecule has 0 spiro atoms. The second-order valence-electron chi connectivity index (χ2n) is 3.04. The third-order valence-electron chi connectivity index (χ3n) is 2.08. The number of methoxy groups -OCH3 is 1. The van der Waals surface area contributed by atoms with Gasteiger partial charge in [-0.2, -0.15) is 8.78 Å². The number of imidazole rings is 1. The molecule has 0 radical (unpaired) electrons. The fourth-order valence-electron chi connectivity index (χ4n) is 1.31. The van der Waals surface area contributed by atoms with Gasteiger partial charge in [0.1, 0.15) is 0 Å². The molecule has 0 fully saturated rings. The molecule has 0 atom stereocenters. The maximum atomic E-state index is 13.5. The lowest BCUT2D eigenvalue weighted by Crippen LogP contribution is -1.99. The highest BCUT2D eigenvalue weighted by molar-refractivity contribution is 7.71. The second kappa shape index (κ2) is 4.09. The second-order valence-corrected chi connectivity index (χ2v) is 3.43. The average Bonchev–Trinajstić information content (AvgIpc) is 2.74. The molecule has 2 aromatic rings. The summed E-state index contributed by atoms with van der Waals surface area (Å²) in [6, 6.07) is -1.07. The third kappa shape index (κ3) is 1.73. The molecule has 0 unspecified atom stereocenters. The summed E-state index contributed by atoms with van der Waals surface area (Å²) in [7, 11) is 1.17. The van der Waals surface area contributed by atoms with E-state index in [0.717, 1.165) is 0 Å². The first-order chi connectivity index (χ1) is 7.63. The van der Waals surface area contributed by atoms with Crippen LogP contribution in [0.3, 0.4) is 0 Å². The number of ether oxygens (including phenoxy) is 1. The van der Waals surface area contributed by atoms with Gasteiger partial charge in [0, 0.05) is 12.4 Å². The van der Waals surface area contributed by atoms with Crippen LogP contribution < -0.4 is 4.74 Å². The predicted molar refractivity (Wildman–Crippen MR) is 53.9 cm³/mol. The molecule has 2 heterocycles. The number of H-pyrrole nitrogens is 1. The Morgan fingerprint density at radius 2 is 2.31 bits per heavy atom. The maximum absolute atomic E-state index is 13.5. The molecule has 2 aromatic heterocycles. The molecule has 16 heavy (non-hydrogen) atoms. The van der Waals surface area contributed by atoms with Crippen molar-refractivity contribution in [1.29, 1.82) is 0 Å². The van der Waals surface area contributed by atoms with Gasteiger partial charge in [-0.25, -0.2) is 0 Å². The van der Waals surface area contributed by atoms with Gasteiger partial charge in [0.2, 0.25) is 11.6 Å². The van der Waals surface area contributed by atoms with Crippen LogP contribution in [0.5, 0.6) is 5.75 Å². The van der Waals surface area contributed by atoms with E-state index in [1.54, 1.807) is 12.4 Å². The first-order valence-electron chi connectivity index (χ1n) is 4.38. The number of nitrogens with zero attached hydrogens (tertiary/aromatic N) is 1. The Labute approximate surface area is 94.5 Å². The number of aromatic nitrogens is 2. The van der Waals surface area contributed by atoms with Crippen molar-refractivity contribution >= 4 is 12.2 Å². The Balaban J connectivity index is 2.36. The highest BCUT2D eigenvalue weighted by atomic mass is 32.1. The average molecular weight is 246 g/mol. The van der Waals surface area contributed by atoms with E-state index in [1.165, 1.54) is 11.7 Å². The zero-order valence-corrected chi connectivity index (χ0v) is 9.11. The molecule has 0 aliphatic heterocycles. The minimum absolute atomic E-state index is 0.00838. The van der Waals surface area contributed by atoms with Crippen LogP contribution in [0.25, 0.3) is 0 Å². The molecule has 0 aliphatic carbocycles. The quantitative estimate of drug-likeness (QED) is 0.846. The van der Waals surface area contributed by atoms with E-state index in [9.17, 15) is 8.78 Å². The van der Waals surface area contributed by atoms with Crippen LogP contribution in [0.4, 0.5) is 8.78 Å². The summed E-state index contributed by atoms with van der Waals surface area (Å²) >= 11 is 4.91. The third-order valence-corrected chi connectivity index (χ3v) is 2.43. The summed E-state index contributed by atoms with van der Waals surface area (Å²) in [5, 5.41) is 0. The smallest absolute Gasteiger partial charge is 0.324 e. The monoisotopic (exact) mass is 246 g/mol. The highest BCUT2D eigenvalue weighted by Gasteiger charge is 2.21. The maximum Gasteiger partial charge on any atom is 0.324 e. The van der Waals surface area contributed by atoms with Gasteiger partial charge in [-0.3, -0.25) is 0 Å². The molecule has 4 nitrogen and oxygen atoms in total.